The van der Waals surface area contributed by atoms with Crippen molar-refractivity contribution in [3.05, 3.63) is 12.0 Å². The number of allylic oxidation sites excluding steroid dienone is 1. The molecule has 0 aromatic rings. The van der Waals surface area contributed by atoms with E-state index in [0.29, 0.717) is 26.1 Å². The van der Waals surface area contributed by atoms with Crippen molar-refractivity contribution in [2.24, 2.45) is 0 Å². The molecule has 0 unspecified atom stereocenters. The molecular weight excluding hydrogens is 247 g/mol. The van der Waals surface area contributed by atoms with Crippen molar-refractivity contribution in [1.29, 1.82) is 0 Å². The Kier molecular flexibility index (Phi) is 16.8. The van der Waals surface area contributed by atoms with E-state index in [1.807, 2.05) is 6.92 Å². The van der Waals surface area contributed by atoms with E-state index in [9.17, 15) is 9.90 Å². The Bertz CT molecular complexity index is 223. The van der Waals surface area contributed by atoms with Crippen LogP contribution in [0.2, 0.25) is 0 Å². The summed E-state index contributed by atoms with van der Waals surface area (Å²) in [4.78, 5) is 10.2. The normalized spacial score (nSPS) is 10.8. The van der Waals surface area contributed by atoms with Crippen LogP contribution in [0.4, 0.5) is 0 Å². The number of carboxylic acids is 1. The molecule has 0 bridgehead atoms. The van der Waals surface area contributed by atoms with E-state index in [4.69, 9.17) is 5.11 Å². The number of aliphatic carboxylic acids is 1. The molecule has 0 rings (SSSR count). The van der Waals surface area contributed by atoms with Gasteiger partial charge in [-0.1, -0.05) is 19.8 Å². The van der Waals surface area contributed by atoms with Crippen molar-refractivity contribution in [2.45, 2.75) is 32.6 Å². The van der Waals surface area contributed by atoms with Gasteiger partial charge in [-0.15, -0.1) is 5.76 Å². The quantitative estimate of drug-likeness (QED) is 0.224. The maximum absolute atomic E-state index is 11.2. The molecule has 0 radical (unpaired) electrons. The van der Waals surface area contributed by atoms with Crippen molar-refractivity contribution in [3.8, 4) is 0 Å². The van der Waals surface area contributed by atoms with Crippen LogP contribution in [0.15, 0.2) is 12.0 Å². The summed E-state index contributed by atoms with van der Waals surface area (Å²) in [5, 5.41) is 25.4. The van der Waals surface area contributed by atoms with Gasteiger partial charge in [-0.3, -0.25) is 4.79 Å². The fraction of sp³-hybridized carbons (Fsp3) is 0.727. The van der Waals surface area contributed by atoms with E-state index in [2.05, 4.69) is 10.6 Å². The summed E-state index contributed by atoms with van der Waals surface area (Å²) in [5.74, 6) is -0.686. The summed E-state index contributed by atoms with van der Waals surface area (Å²) in [7, 11) is 0. The average molecular weight is 268 g/mol. The fourth-order valence-electron chi connectivity index (χ4n) is 1.09. The van der Waals surface area contributed by atoms with E-state index in [1.165, 1.54) is 6.20 Å². The first-order valence-electron chi connectivity index (χ1n) is 5.68. The second-order valence-electron chi connectivity index (χ2n) is 3.56. The average Bonchev–Trinajstić information content (AvgIpc) is 2.24. The van der Waals surface area contributed by atoms with Crippen LogP contribution in [0, 0.1) is 0 Å². The molecule has 0 saturated heterocycles. The molecule has 0 atom stereocenters. The van der Waals surface area contributed by atoms with Crippen LogP contribution >= 0.6 is 0 Å². The van der Waals surface area contributed by atoms with Crippen LogP contribution in [0.1, 0.15) is 32.6 Å². The maximum Gasteiger partial charge on any atom is 1.00 e. The second-order valence-corrected chi connectivity index (χ2v) is 3.56. The van der Waals surface area contributed by atoms with Gasteiger partial charge in [-0.25, -0.2) is 0 Å². The topological polar surface area (TPSA) is 84.4 Å². The molecule has 17 heavy (non-hydrogen) atoms. The summed E-state index contributed by atoms with van der Waals surface area (Å²) >= 11 is 0. The Balaban J connectivity index is 0. The Morgan fingerprint density at radius 1 is 1.29 bits per heavy atom. The third-order valence-corrected chi connectivity index (χ3v) is 2.00. The van der Waals surface area contributed by atoms with E-state index in [-0.39, 0.29) is 63.6 Å². The first kappa shape index (κ1) is 19.7. The number of carboxylic acid groups (broad SMARTS) is 1. The molecule has 5 nitrogen and oxygen atoms in total. The zero-order chi connectivity index (χ0) is 12.2. The standard InChI is InChI=1S/C11H22N2O3.K/c1-2-3-4-10(14)9-13-8-7-12-6-5-11(15)16;/h9,12-14H,2-8H2,1H3,(H,15,16);/q;+1/p-1/b10-9-;. The first-order chi connectivity index (χ1) is 7.66. The number of hydrogen-bond donors (Lipinski definition) is 3. The van der Waals surface area contributed by atoms with Gasteiger partial charge in [-0.2, -0.15) is 0 Å². The summed E-state index contributed by atoms with van der Waals surface area (Å²) < 4.78 is 0. The largest absolute Gasteiger partial charge is 1.00 e. The molecule has 94 valence electrons. The summed E-state index contributed by atoms with van der Waals surface area (Å²) in [6.45, 7) is 3.80. The molecule has 0 aromatic heterocycles. The van der Waals surface area contributed by atoms with Crippen LogP contribution in [0.5, 0.6) is 0 Å². The fourth-order valence-corrected chi connectivity index (χ4v) is 1.09. The van der Waals surface area contributed by atoms with Gasteiger partial charge in [0, 0.05) is 19.6 Å². The van der Waals surface area contributed by atoms with Gasteiger partial charge in [0.1, 0.15) is 0 Å². The molecule has 0 aliphatic heterocycles. The van der Waals surface area contributed by atoms with Gasteiger partial charge >= 0.3 is 57.4 Å². The van der Waals surface area contributed by atoms with Crippen molar-refractivity contribution in [3.63, 3.8) is 0 Å². The molecule has 6 heteroatoms. The van der Waals surface area contributed by atoms with Crippen LogP contribution < -0.4 is 67.1 Å². The van der Waals surface area contributed by atoms with Crippen LogP contribution in [0.25, 0.3) is 0 Å². The van der Waals surface area contributed by atoms with E-state index in [0.717, 1.165) is 12.8 Å². The molecule has 0 fully saturated rings. The molecule has 0 heterocycles. The zero-order valence-corrected chi connectivity index (χ0v) is 13.9. The Labute approximate surface area is 145 Å². The molecule has 0 aliphatic rings. The minimum Gasteiger partial charge on any atom is -0.874 e. The molecule has 0 amide bonds. The van der Waals surface area contributed by atoms with Gasteiger partial charge in [0.15, 0.2) is 0 Å². The maximum atomic E-state index is 11.2. The Hall–Kier alpha value is 0.406. The number of hydrogen-bond acceptors (Lipinski definition) is 4. The number of carbonyl (C=O) groups is 1. The molecule has 3 N–H and O–H groups in total. The van der Waals surface area contributed by atoms with Gasteiger partial charge in [-0.05, 0) is 12.6 Å². The summed E-state index contributed by atoms with van der Waals surface area (Å²) in [5.41, 5.74) is 0. The molecular formula is C11H21KN2O3. The molecule has 0 aliphatic carbocycles. The smallest absolute Gasteiger partial charge is 0.874 e. The minimum atomic E-state index is -0.804. The predicted molar refractivity (Wildman–Crippen MR) is 60.7 cm³/mol. The zero-order valence-electron chi connectivity index (χ0n) is 10.8. The molecule has 0 aromatic carbocycles. The van der Waals surface area contributed by atoms with Crippen LogP contribution in [-0.2, 0) is 4.79 Å². The van der Waals surface area contributed by atoms with Crippen molar-refractivity contribution in [1.82, 2.24) is 10.6 Å². The van der Waals surface area contributed by atoms with Crippen LogP contribution in [0.3, 0.4) is 0 Å². The number of rotatable bonds is 10. The van der Waals surface area contributed by atoms with Crippen molar-refractivity contribution in [2.75, 3.05) is 19.6 Å². The minimum absolute atomic E-state index is 0. The SMILES string of the molecule is CCCC/C([O-])=C/NCCNCCC(=O)O.[K+]. The van der Waals surface area contributed by atoms with Gasteiger partial charge in [0.25, 0.3) is 0 Å². The van der Waals surface area contributed by atoms with Gasteiger partial charge in [0.05, 0.1) is 6.42 Å². The predicted octanol–water partition coefficient (Wildman–Crippen LogP) is -2.96. The molecule has 0 spiro atoms. The van der Waals surface area contributed by atoms with E-state index < -0.39 is 5.97 Å². The Morgan fingerprint density at radius 3 is 2.59 bits per heavy atom. The third-order valence-electron chi connectivity index (χ3n) is 2.00. The van der Waals surface area contributed by atoms with Crippen LogP contribution in [-0.4, -0.2) is 30.7 Å². The van der Waals surface area contributed by atoms with Crippen molar-refractivity contribution < 1.29 is 66.4 Å². The first-order valence-corrected chi connectivity index (χ1v) is 5.68. The summed E-state index contributed by atoms with van der Waals surface area (Å²) in [6.07, 6.45) is 4.16. The third kappa shape index (κ3) is 16.4. The monoisotopic (exact) mass is 268 g/mol. The van der Waals surface area contributed by atoms with E-state index >= 15 is 0 Å². The van der Waals surface area contributed by atoms with E-state index in [1.54, 1.807) is 0 Å². The van der Waals surface area contributed by atoms with Gasteiger partial charge < -0.3 is 20.8 Å². The number of unbranched alkanes of at least 4 members (excludes halogenated alkanes) is 1. The van der Waals surface area contributed by atoms with Crippen molar-refractivity contribution >= 4 is 5.97 Å². The second kappa shape index (κ2) is 14.5. The molecule has 0 saturated carbocycles. The Morgan fingerprint density at radius 2 is 2.00 bits per heavy atom. The summed E-state index contributed by atoms with van der Waals surface area (Å²) in [6, 6.07) is 0. The van der Waals surface area contributed by atoms with Gasteiger partial charge in [0.2, 0.25) is 0 Å². The number of nitrogens with one attached hydrogen (secondary N) is 2.